The number of fused-ring (bicyclic) bond motifs is 1. The number of amides is 2. The van der Waals surface area contributed by atoms with Gasteiger partial charge in [0.15, 0.2) is 11.5 Å². The second kappa shape index (κ2) is 13.4. The summed E-state index contributed by atoms with van der Waals surface area (Å²) in [6, 6.07) is 19.5. The smallest absolute Gasteiger partial charge is 0.247 e. The lowest BCUT2D eigenvalue weighted by Crippen LogP contribution is -2.50. The van der Waals surface area contributed by atoms with Gasteiger partial charge in [-0.1, -0.05) is 35.5 Å². The highest BCUT2D eigenvalue weighted by Gasteiger charge is 2.33. The minimum atomic E-state index is -0.901. The van der Waals surface area contributed by atoms with Crippen molar-refractivity contribution >= 4 is 22.8 Å². The molecule has 0 fully saturated rings. The third-order valence-electron chi connectivity index (χ3n) is 6.68. The Morgan fingerprint density at radius 2 is 1.69 bits per heavy atom. The first kappa shape index (κ1) is 30.4. The topological polar surface area (TPSA) is 108 Å². The predicted molar refractivity (Wildman–Crippen MR) is 161 cm³/mol. The molecular weight excluding hydrogens is 534 g/mol. The molecule has 0 aliphatic heterocycles. The van der Waals surface area contributed by atoms with Gasteiger partial charge in [-0.15, -0.1) is 5.10 Å². The van der Waals surface area contributed by atoms with Crippen LogP contribution in [0.1, 0.15) is 44.9 Å². The maximum absolute atomic E-state index is 14.1. The summed E-state index contributed by atoms with van der Waals surface area (Å²) >= 11 is 0. The standard InChI is InChI=1S/C32H39N5O5/c1-7-42-24-15-13-23(14-16-24)30(31(39)33-32(2,3)4)36(19-18-22-12-17-27(40-5)28(20-22)41-6)29(38)21-37-26-11-9-8-10-25(26)34-35-37/h8-17,20,30H,7,18-19,21H2,1-6H3,(H,33,39)/t30-/m0/s1. The molecule has 4 rings (SSSR count). The van der Waals surface area contributed by atoms with E-state index in [4.69, 9.17) is 14.2 Å². The van der Waals surface area contributed by atoms with Crippen molar-refractivity contribution in [3.63, 3.8) is 0 Å². The predicted octanol–water partition coefficient (Wildman–Crippen LogP) is 4.57. The Balaban J connectivity index is 1.73. The van der Waals surface area contributed by atoms with E-state index >= 15 is 0 Å². The molecule has 2 amide bonds. The molecule has 0 spiro atoms. The van der Waals surface area contributed by atoms with Crippen LogP contribution in [0.2, 0.25) is 0 Å². The summed E-state index contributed by atoms with van der Waals surface area (Å²) in [7, 11) is 3.17. The summed E-state index contributed by atoms with van der Waals surface area (Å²) in [5.74, 6) is 1.35. The van der Waals surface area contributed by atoms with E-state index in [1.807, 2.05) is 94.4 Å². The monoisotopic (exact) mass is 573 g/mol. The Morgan fingerprint density at radius 1 is 0.976 bits per heavy atom. The third kappa shape index (κ3) is 7.37. The highest BCUT2D eigenvalue weighted by molar-refractivity contribution is 5.89. The number of carbonyl (C=O) groups is 2. The van der Waals surface area contributed by atoms with E-state index in [-0.39, 0.29) is 24.9 Å². The van der Waals surface area contributed by atoms with Crippen LogP contribution in [-0.4, -0.2) is 64.6 Å². The van der Waals surface area contributed by atoms with Crippen LogP contribution in [0.25, 0.3) is 11.0 Å². The van der Waals surface area contributed by atoms with Gasteiger partial charge in [0.05, 0.1) is 26.3 Å². The normalized spacial score (nSPS) is 12.0. The summed E-state index contributed by atoms with van der Waals surface area (Å²) in [6.45, 7) is 8.36. The van der Waals surface area contributed by atoms with Gasteiger partial charge in [-0.25, -0.2) is 4.68 Å². The van der Waals surface area contributed by atoms with Gasteiger partial charge in [0.1, 0.15) is 23.9 Å². The maximum Gasteiger partial charge on any atom is 0.247 e. The molecule has 0 bridgehead atoms. The molecule has 0 radical (unpaired) electrons. The molecular formula is C32H39N5O5. The number of nitrogens with one attached hydrogen (secondary N) is 1. The second-order valence-electron chi connectivity index (χ2n) is 10.9. The second-order valence-corrected chi connectivity index (χ2v) is 10.9. The first-order valence-electron chi connectivity index (χ1n) is 14.0. The summed E-state index contributed by atoms with van der Waals surface area (Å²) in [5, 5.41) is 11.5. The number of hydrogen-bond donors (Lipinski definition) is 1. The van der Waals surface area contributed by atoms with E-state index in [0.717, 1.165) is 11.1 Å². The van der Waals surface area contributed by atoms with Gasteiger partial charge >= 0.3 is 0 Å². The largest absolute Gasteiger partial charge is 0.494 e. The quantitative estimate of drug-likeness (QED) is 0.264. The average Bonchev–Trinajstić information content (AvgIpc) is 3.37. The molecule has 10 heteroatoms. The molecule has 4 aromatic rings. The molecule has 1 aromatic heterocycles. The molecule has 42 heavy (non-hydrogen) atoms. The van der Waals surface area contributed by atoms with Crippen LogP contribution < -0.4 is 19.5 Å². The van der Waals surface area contributed by atoms with Gasteiger partial charge in [0.2, 0.25) is 11.8 Å². The van der Waals surface area contributed by atoms with Gasteiger partial charge in [-0.3, -0.25) is 9.59 Å². The van der Waals surface area contributed by atoms with Crippen LogP contribution in [0.5, 0.6) is 17.2 Å². The van der Waals surface area contributed by atoms with Crippen molar-refractivity contribution < 1.29 is 23.8 Å². The van der Waals surface area contributed by atoms with E-state index < -0.39 is 11.6 Å². The summed E-state index contributed by atoms with van der Waals surface area (Å²) in [4.78, 5) is 29.7. The highest BCUT2D eigenvalue weighted by Crippen LogP contribution is 2.29. The molecule has 222 valence electrons. The zero-order valence-electron chi connectivity index (χ0n) is 25.1. The number of para-hydroxylation sites is 1. The lowest BCUT2D eigenvalue weighted by Gasteiger charge is -2.34. The zero-order chi connectivity index (χ0) is 30.3. The van der Waals surface area contributed by atoms with E-state index in [0.29, 0.717) is 41.4 Å². The van der Waals surface area contributed by atoms with Gasteiger partial charge in [-0.05, 0) is 81.6 Å². The average molecular weight is 574 g/mol. The molecule has 1 heterocycles. The Bertz CT molecular complexity index is 1510. The van der Waals surface area contributed by atoms with E-state index in [1.165, 1.54) is 0 Å². The number of carbonyl (C=O) groups excluding carboxylic acids is 2. The van der Waals surface area contributed by atoms with Crippen molar-refractivity contribution in [2.24, 2.45) is 0 Å². The number of aromatic nitrogens is 3. The summed E-state index contributed by atoms with van der Waals surface area (Å²) in [6.07, 6.45) is 0.473. The lowest BCUT2D eigenvalue weighted by atomic mass is 10.0. The molecule has 0 aliphatic carbocycles. The minimum Gasteiger partial charge on any atom is -0.494 e. The van der Waals surface area contributed by atoms with Gasteiger partial charge in [0.25, 0.3) is 0 Å². The molecule has 0 aliphatic rings. The van der Waals surface area contributed by atoms with Crippen molar-refractivity contribution in [3.8, 4) is 17.2 Å². The lowest BCUT2D eigenvalue weighted by molar-refractivity contribution is -0.142. The first-order chi connectivity index (χ1) is 20.1. The van der Waals surface area contributed by atoms with Gasteiger partial charge in [-0.2, -0.15) is 0 Å². The van der Waals surface area contributed by atoms with Crippen LogP contribution in [0.4, 0.5) is 0 Å². The van der Waals surface area contributed by atoms with Crippen LogP contribution >= 0.6 is 0 Å². The molecule has 0 saturated carbocycles. The van der Waals surface area contributed by atoms with Gasteiger partial charge in [0, 0.05) is 12.1 Å². The van der Waals surface area contributed by atoms with Crippen LogP contribution in [0, 0.1) is 0 Å². The Morgan fingerprint density at radius 3 is 2.36 bits per heavy atom. The zero-order valence-corrected chi connectivity index (χ0v) is 25.1. The van der Waals surface area contributed by atoms with E-state index in [9.17, 15) is 9.59 Å². The number of hydrogen-bond acceptors (Lipinski definition) is 7. The fraction of sp³-hybridized carbons (Fsp3) is 0.375. The number of nitrogens with zero attached hydrogens (tertiary/aromatic N) is 4. The van der Waals surface area contributed by atoms with Crippen LogP contribution in [0.3, 0.4) is 0 Å². The van der Waals surface area contributed by atoms with E-state index in [2.05, 4.69) is 15.6 Å². The number of benzene rings is 3. The number of methoxy groups -OCH3 is 2. The molecule has 3 aromatic carbocycles. The van der Waals surface area contributed by atoms with E-state index in [1.54, 1.807) is 23.8 Å². The number of rotatable bonds is 12. The SMILES string of the molecule is CCOc1ccc([C@@H](C(=O)NC(C)(C)C)N(CCc2ccc(OC)c(OC)c2)C(=O)Cn2nnc3ccccc32)cc1. The van der Waals surface area contributed by atoms with Crippen molar-refractivity contribution in [2.45, 2.75) is 52.2 Å². The van der Waals surface area contributed by atoms with Crippen molar-refractivity contribution in [1.29, 1.82) is 0 Å². The molecule has 1 N–H and O–H groups in total. The Labute approximate surface area is 246 Å². The minimum absolute atomic E-state index is 0.0806. The first-order valence-corrected chi connectivity index (χ1v) is 14.0. The van der Waals surface area contributed by atoms with Crippen molar-refractivity contribution in [1.82, 2.24) is 25.2 Å². The van der Waals surface area contributed by atoms with Gasteiger partial charge < -0.3 is 24.4 Å². The Hall–Kier alpha value is -4.60. The Kier molecular flexibility index (Phi) is 9.67. The summed E-state index contributed by atoms with van der Waals surface area (Å²) < 4.78 is 18.1. The molecule has 0 saturated heterocycles. The number of ether oxygens (including phenoxy) is 3. The molecule has 1 atom stereocenters. The van der Waals surface area contributed by atoms with Crippen LogP contribution in [-0.2, 0) is 22.6 Å². The van der Waals surface area contributed by atoms with Crippen molar-refractivity contribution in [3.05, 3.63) is 77.9 Å². The fourth-order valence-electron chi connectivity index (χ4n) is 4.76. The molecule has 10 nitrogen and oxygen atoms in total. The molecule has 0 unspecified atom stereocenters. The summed E-state index contributed by atoms with van der Waals surface area (Å²) in [5.41, 5.74) is 2.52. The highest BCUT2D eigenvalue weighted by atomic mass is 16.5. The van der Waals surface area contributed by atoms with Crippen molar-refractivity contribution in [2.75, 3.05) is 27.4 Å². The maximum atomic E-state index is 14.1. The van der Waals surface area contributed by atoms with Crippen LogP contribution in [0.15, 0.2) is 66.7 Å². The third-order valence-corrected chi connectivity index (χ3v) is 6.68. The fourth-order valence-corrected chi connectivity index (χ4v) is 4.76.